The lowest BCUT2D eigenvalue weighted by atomic mass is 10.1. The summed E-state index contributed by atoms with van der Waals surface area (Å²) in [6.07, 6.45) is 3.92. The summed E-state index contributed by atoms with van der Waals surface area (Å²) in [7, 11) is 0. The molecule has 0 aromatic rings. The molecular weight excluding hydrogens is 168 g/mol. The van der Waals surface area contributed by atoms with E-state index in [0.29, 0.717) is 6.10 Å². The number of morpholine rings is 1. The van der Waals surface area contributed by atoms with Crippen molar-refractivity contribution in [1.29, 1.82) is 0 Å². The first kappa shape index (κ1) is 12.8. The molecule has 1 heterocycles. The average Bonchev–Trinajstić information content (AvgIpc) is 2.23. The van der Waals surface area contributed by atoms with Gasteiger partial charge in [0.15, 0.2) is 0 Å². The van der Waals surface area contributed by atoms with Crippen molar-refractivity contribution in [3.8, 4) is 0 Å². The molecule has 1 fully saturated rings. The molecule has 7 N–H and O–H groups in total. The average molecular weight is 190 g/mol. The number of ether oxygens (including phenoxy) is 1. The van der Waals surface area contributed by atoms with Crippen LogP contribution in [0.15, 0.2) is 0 Å². The molecular formula is C8H22N4O. The van der Waals surface area contributed by atoms with Gasteiger partial charge in [-0.25, -0.2) is 0 Å². The Kier molecular flexibility index (Phi) is 9.73. The maximum Gasteiger partial charge on any atom is 0.0700 e. The molecule has 1 atom stereocenters. The third-order valence-electron chi connectivity index (χ3n) is 1.98. The number of nitrogens with one attached hydrogen (secondary N) is 1. The van der Waals surface area contributed by atoms with Crippen LogP contribution in [0.5, 0.6) is 0 Å². The molecule has 1 unspecified atom stereocenters. The first-order valence-electron chi connectivity index (χ1n) is 4.79. The van der Waals surface area contributed by atoms with Gasteiger partial charge in [0, 0.05) is 13.1 Å². The smallest absolute Gasteiger partial charge is 0.0700 e. The Morgan fingerprint density at radius 1 is 1.31 bits per heavy atom. The molecule has 80 valence electrons. The van der Waals surface area contributed by atoms with Crippen molar-refractivity contribution in [3.63, 3.8) is 0 Å². The van der Waals surface area contributed by atoms with Gasteiger partial charge in [0.05, 0.1) is 12.7 Å². The fourth-order valence-electron chi connectivity index (χ4n) is 1.32. The Hall–Kier alpha value is -0.200. The Labute approximate surface area is 79.9 Å². The number of unbranched alkanes of at least 4 members (excludes halogenated alkanes) is 1. The molecule has 0 radical (unpaired) electrons. The van der Waals surface area contributed by atoms with Gasteiger partial charge in [0.1, 0.15) is 0 Å². The summed E-state index contributed by atoms with van der Waals surface area (Å²) >= 11 is 0. The van der Waals surface area contributed by atoms with Crippen molar-refractivity contribution in [2.75, 3.05) is 26.2 Å². The van der Waals surface area contributed by atoms with Gasteiger partial charge in [0.2, 0.25) is 0 Å². The van der Waals surface area contributed by atoms with Crippen molar-refractivity contribution in [1.82, 2.24) is 5.32 Å². The second-order valence-corrected chi connectivity index (χ2v) is 2.98. The van der Waals surface area contributed by atoms with Gasteiger partial charge < -0.3 is 15.8 Å². The summed E-state index contributed by atoms with van der Waals surface area (Å²) in [5.41, 5.74) is 5.39. The van der Waals surface area contributed by atoms with Gasteiger partial charge >= 0.3 is 0 Å². The van der Waals surface area contributed by atoms with Crippen molar-refractivity contribution in [2.45, 2.75) is 25.4 Å². The lowest BCUT2D eigenvalue weighted by molar-refractivity contribution is 0.0222. The van der Waals surface area contributed by atoms with Gasteiger partial charge in [-0.15, -0.1) is 0 Å². The van der Waals surface area contributed by atoms with Crippen LogP contribution in [0.3, 0.4) is 0 Å². The van der Waals surface area contributed by atoms with Crippen LogP contribution in [0, 0.1) is 0 Å². The van der Waals surface area contributed by atoms with E-state index in [0.717, 1.165) is 39.1 Å². The molecule has 1 aliphatic rings. The molecule has 0 aromatic carbocycles. The number of rotatable bonds is 4. The van der Waals surface area contributed by atoms with Crippen molar-refractivity contribution >= 4 is 0 Å². The predicted molar refractivity (Wildman–Crippen MR) is 53.9 cm³/mol. The fraction of sp³-hybridized carbons (Fsp3) is 1.00. The Balaban J connectivity index is 0.000000671. The summed E-state index contributed by atoms with van der Waals surface area (Å²) in [4.78, 5) is 0. The molecule has 1 rings (SSSR count). The molecule has 5 nitrogen and oxygen atoms in total. The zero-order valence-corrected chi connectivity index (χ0v) is 8.17. The van der Waals surface area contributed by atoms with E-state index in [1.54, 1.807) is 0 Å². The number of hydrogen-bond acceptors (Lipinski definition) is 5. The molecule has 13 heavy (non-hydrogen) atoms. The summed E-state index contributed by atoms with van der Waals surface area (Å²) < 4.78 is 5.52. The first-order chi connectivity index (χ1) is 6.43. The second-order valence-electron chi connectivity index (χ2n) is 2.98. The highest BCUT2D eigenvalue weighted by molar-refractivity contribution is 4.66. The highest BCUT2D eigenvalue weighted by Gasteiger charge is 2.11. The molecule has 5 heteroatoms. The first-order valence-corrected chi connectivity index (χ1v) is 4.79. The van der Waals surface area contributed by atoms with E-state index >= 15 is 0 Å². The largest absolute Gasteiger partial charge is 0.376 e. The van der Waals surface area contributed by atoms with Gasteiger partial charge in [0.25, 0.3) is 0 Å². The third kappa shape index (κ3) is 6.92. The van der Waals surface area contributed by atoms with E-state index in [1.165, 1.54) is 6.42 Å². The molecule has 1 saturated heterocycles. The van der Waals surface area contributed by atoms with Crippen LogP contribution in [-0.4, -0.2) is 32.3 Å². The molecule has 1 aliphatic heterocycles. The monoisotopic (exact) mass is 190 g/mol. The third-order valence-corrected chi connectivity index (χ3v) is 1.98. The normalized spacial score (nSPS) is 21.9. The molecule has 0 aliphatic carbocycles. The van der Waals surface area contributed by atoms with E-state index in [-0.39, 0.29) is 0 Å². The van der Waals surface area contributed by atoms with Crippen molar-refractivity contribution in [2.24, 2.45) is 17.4 Å². The summed E-state index contributed by atoms with van der Waals surface area (Å²) in [5.74, 6) is 8.00. The maximum absolute atomic E-state index is 5.52. The minimum atomic E-state index is 0.440. The van der Waals surface area contributed by atoms with E-state index in [9.17, 15) is 0 Å². The van der Waals surface area contributed by atoms with Crippen LogP contribution in [0.4, 0.5) is 0 Å². The zero-order valence-electron chi connectivity index (χ0n) is 8.17. The quantitative estimate of drug-likeness (QED) is 0.257. The molecule has 0 saturated carbocycles. The van der Waals surface area contributed by atoms with Crippen LogP contribution in [0.1, 0.15) is 19.3 Å². The lowest BCUT2D eigenvalue weighted by Crippen LogP contribution is -2.38. The molecule has 0 amide bonds. The van der Waals surface area contributed by atoms with Gasteiger partial charge in [-0.3, -0.25) is 11.7 Å². The summed E-state index contributed by atoms with van der Waals surface area (Å²) in [5, 5.41) is 3.31. The SMILES string of the molecule is NCCCCC1CNCCO1.NN. The van der Waals surface area contributed by atoms with E-state index < -0.39 is 0 Å². The topological polar surface area (TPSA) is 99.3 Å². The second kappa shape index (κ2) is 9.88. The Morgan fingerprint density at radius 3 is 2.62 bits per heavy atom. The van der Waals surface area contributed by atoms with E-state index in [4.69, 9.17) is 10.5 Å². The molecule has 0 spiro atoms. The number of hydrogen-bond donors (Lipinski definition) is 4. The summed E-state index contributed by atoms with van der Waals surface area (Å²) in [6, 6.07) is 0. The van der Waals surface area contributed by atoms with Crippen LogP contribution < -0.4 is 22.7 Å². The standard InChI is InChI=1S/C8H18N2O.H4N2/c9-4-2-1-3-8-7-10-5-6-11-8;1-2/h8,10H,1-7,9H2;1-2H2. The Morgan fingerprint density at radius 2 is 2.08 bits per heavy atom. The number of nitrogens with two attached hydrogens (primary N) is 3. The minimum Gasteiger partial charge on any atom is -0.376 e. The maximum atomic E-state index is 5.52. The highest BCUT2D eigenvalue weighted by Crippen LogP contribution is 2.05. The van der Waals surface area contributed by atoms with Crippen LogP contribution in [-0.2, 0) is 4.74 Å². The van der Waals surface area contributed by atoms with Crippen LogP contribution >= 0.6 is 0 Å². The lowest BCUT2D eigenvalue weighted by Gasteiger charge is -2.23. The molecule has 0 bridgehead atoms. The predicted octanol–water partition coefficient (Wildman–Crippen LogP) is -1.08. The Bertz CT molecular complexity index is 96.1. The van der Waals surface area contributed by atoms with Gasteiger partial charge in [-0.2, -0.15) is 0 Å². The fourth-order valence-corrected chi connectivity index (χ4v) is 1.32. The summed E-state index contributed by atoms with van der Waals surface area (Å²) in [6.45, 7) is 3.70. The van der Waals surface area contributed by atoms with Crippen molar-refractivity contribution < 1.29 is 4.74 Å². The number of hydrazine groups is 1. The van der Waals surface area contributed by atoms with Crippen LogP contribution in [0.25, 0.3) is 0 Å². The minimum absolute atomic E-state index is 0.440. The highest BCUT2D eigenvalue weighted by atomic mass is 16.5. The van der Waals surface area contributed by atoms with Gasteiger partial charge in [-0.05, 0) is 25.8 Å². The zero-order chi connectivity index (χ0) is 9.94. The van der Waals surface area contributed by atoms with Gasteiger partial charge in [-0.1, -0.05) is 0 Å². The van der Waals surface area contributed by atoms with E-state index in [1.807, 2.05) is 0 Å². The van der Waals surface area contributed by atoms with E-state index in [2.05, 4.69) is 17.0 Å². The van der Waals surface area contributed by atoms with Crippen molar-refractivity contribution in [3.05, 3.63) is 0 Å². The molecule has 0 aromatic heterocycles. The van der Waals surface area contributed by atoms with Crippen LogP contribution in [0.2, 0.25) is 0 Å².